The summed E-state index contributed by atoms with van der Waals surface area (Å²) in [6.45, 7) is 15.6. The Morgan fingerprint density at radius 3 is 2.25 bits per heavy atom. The molecular formula is C19H32N2O3. The van der Waals surface area contributed by atoms with Crippen LogP contribution in [0.25, 0.3) is 0 Å². The van der Waals surface area contributed by atoms with Crippen LogP contribution in [0.3, 0.4) is 0 Å². The summed E-state index contributed by atoms with van der Waals surface area (Å²) in [4.78, 5) is 11.8. The van der Waals surface area contributed by atoms with Gasteiger partial charge in [0.05, 0.1) is 24.6 Å². The van der Waals surface area contributed by atoms with E-state index in [9.17, 15) is 4.79 Å². The Balaban J connectivity index is 3.06. The first-order valence-electron chi connectivity index (χ1n) is 8.55. The van der Waals surface area contributed by atoms with E-state index in [2.05, 4.69) is 45.3 Å². The van der Waals surface area contributed by atoms with Crippen molar-refractivity contribution in [2.75, 3.05) is 23.8 Å². The van der Waals surface area contributed by atoms with Gasteiger partial charge in [-0.2, -0.15) is 0 Å². The molecule has 5 nitrogen and oxygen atoms in total. The van der Waals surface area contributed by atoms with Crippen LogP contribution in [0.4, 0.5) is 16.2 Å². The molecule has 0 aliphatic heterocycles. The molecule has 1 rings (SSSR count). The molecule has 24 heavy (non-hydrogen) atoms. The monoisotopic (exact) mass is 336 g/mol. The number of amides is 1. The van der Waals surface area contributed by atoms with E-state index in [0.717, 1.165) is 17.9 Å². The second-order valence-electron chi connectivity index (χ2n) is 7.73. The minimum atomic E-state index is -0.460. The maximum atomic E-state index is 11.8. The third-order valence-corrected chi connectivity index (χ3v) is 3.26. The lowest BCUT2D eigenvalue weighted by Crippen LogP contribution is -2.35. The van der Waals surface area contributed by atoms with Gasteiger partial charge >= 0.3 is 6.09 Å². The number of carbonyl (C=O) groups is 1. The van der Waals surface area contributed by atoms with Crippen LogP contribution in [0.2, 0.25) is 0 Å². The predicted molar refractivity (Wildman–Crippen MR) is 100 cm³/mol. The molecule has 0 aliphatic rings. The van der Waals surface area contributed by atoms with Gasteiger partial charge in [0.2, 0.25) is 0 Å². The molecule has 0 aliphatic carbocycles. The average Bonchev–Trinajstić information content (AvgIpc) is 2.39. The van der Waals surface area contributed by atoms with E-state index in [1.54, 1.807) is 6.92 Å². The van der Waals surface area contributed by atoms with Crippen LogP contribution in [0.5, 0.6) is 5.75 Å². The fraction of sp³-hybridized carbons (Fsp3) is 0.632. The fourth-order valence-corrected chi connectivity index (χ4v) is 3.00. The maximum absolute atomic E-state index is 11.8. The highest BCUT2D eigenvalue weighted by molar-refractivity contribution is 5.90. The van der Waals surface area contributed by atoms with Crippen molar-refractivity contribution < 1.29 is 14.3 Å². The average molecular weight is 336 g/mol. The Morgan fingerprint density at radius 2 is 1.71 bits per heavy atom. The third-order valence-electron chi connectivity index (χ3n) is 3.26. The molecular weight excluding hydrogens is 304 g/mol. The molecule has 136 valence electrons. The molecule has 5 heteroatoms. The Morgan fingerprint density at radius 1 is 1.04 bits per heavy atom. The summed E-state index contributed by atoms with van der Waals surface area (Å²) in [5.41, 5.74) is 1.54. The molecule has 1 aromatic carbocycles. The van der Waals surface area contributed by atoms with E-state index in [1.807, 2.05) is 25.1 Å². The maximum Gasteiger partial charge on any atom is 0.411 e. The summed E-state index contributed by atoms with van der Waals surface area (Å²) in [6.07, 6.45) is 0.510. The third kappa shape index (κ3) is 7.11. The number of hydrogen-bond donors (Lipinski definition) is 2. The number of benzene rings is 1. The Bertz CT molecular complexity index is 548. The van der Waals surface area contributed by atoms with Crippen molar-refractivity contribution in [1.82, 2.24) is 0 Å². The summed E-state index contributed by atoms with van der Waals surface area (Å²) in [5.74, 6) is 0.765. The summed E-state index contributed by atoms with van der Waals surface area (Å²) in [7, 11) is 0. The van der Waals surface area contributed by atoms with Gasteiger partial charge in [0, 0.05) is 11.6 Å². The molecule has 0 unspecified atom stereocenters. The number of rotatable bonds is 7. The molecule has 0 fully saturated rings. The quantitative estimate of drug-likeness (QED) is 0.711. The van der Waals surface area contributed by atoms with E-state index in [1.165, 1.54) is 0 Å². The largest absolute Gasteiger partial charge is 0.494 e. The van der Waals surface area contributed by atoms with Gasteiger partial charge in [-0.05, 0) is 51.7 Å². The number of anilines is 2. The molecule has 1 aromatic rings. The van der Waals surface area contributed by atoms with Crippen molar-refractivity contribution in [2.24, 2.45) is 5.41 Å². The van der Waals surface area contributed by atoms with Gasteiger partial charge in [-0.25, -0.2) is 4.79 Å². The Labute approximate surface area is 146 Å². The zero-order valence-corrected chi connectivity index (χ0v) is 16.1. The first kappa shape index (κ1) is 20.1. The minimum absolute atomic E-state index is 0.145. The number of carbonyl (C=O) groups excluding carboxylic acids is 1. The van der Waals surface area contributed by atoms with Crippen LogP contribution in [-0.4, -0.2) is 24.8 Å². The summed E-state index contributed by atoms with van der Waals surface area (Å²) >= 11 is 0. The van der Waals surface area contributed by atoms with Gasteiger partial charge in [-0.1, -0.05) is 20.8 Å². The van der Waals surface area contributed by atoms with E-state index >= 15 is 0 Å². The van der Waals surface area contributed by atoms with Crippen LogP contribution < -0.4 is 15.4 Å². The van der Waals surface area contributed by atoms with Crippen molar-refractivity contribution in [3.63, 3.8) is 0 Å². The first-order chi connectivity index (χ1) is 11.1. The van der Waals surface area contributed by atoms with Crippen LogP contribution in [0.1, 0.15) is 54.9 Å². The molecule has 0 heterocycles. The lowest BCUT2D eigenvalue weighted by atomic mass is 9.81. The van der Waals surface area contributed by atoms with E-state index < -0.39 is 6.09 Å². The predicted octanol–water partition coefficient (Wildman–Crippen LogP) is 5.28. The second kappa shape index (κ2) is 8.27. The molecule has 1 amide bonds. The molecule has 0 atom stereocenters. The van der Waals surface area contributed by atoms with Crippen molar-refractivity contribution in [3.8, 4) is 5.75 Å². The zero-order chi connectivity index (χ0) is 18.4. The van der Waals surface area contributed by atoms with Crippen LogP contribution >= 0.6 is 0 Å². The Kier molecular flexibility index (Phi) is 6.93. The van der Waals surface area contributed by atoms with Gasteiger partial charge in [0.1, 0.15) is 5.75 Å². The van der Waals surface area contributed by atoms with Gasteiger partial charge in [-0.15, -0.1) is 0 Å². The van der Waals surface area contributed by atoms with Crippen molar-refractivity contribution >= 4 is 17.5 Å². The number of ether oxygens (including phenoxy) is 2. The van der Waals surface area contributed by atoms with Gasteiger partial charge in [0.25, 0.3) is 0 Å². The highest BCUT2D eigenvalue weighted by atomic mass is 16.5. The summed E-state index contributed by atoms with van der Waals surface area (Å²) < 4.78 is 10.6. The molecule has 2 N–H and O–H groups in total. The summed E-state index contributed by atoms with van der Waals surface area (Å²) in [6, 6.07) is 5.58. The number of hydrogen-bond acceptors (Lipinski definition) is 4. The lowest BCUT2D eigenvalue weighted by Gasteiger charge is -2.35. The highest BCUT2D eigenvalue weighted by Crippen LogP contribution is 2.34. The summed E-state index contributed by atoms with van der Waals surface area (Å²) in [5, 5.41) is 6.33. The van der Waals surface area contributed by atoms with E-state index in [4.69, 9.17) is 9.47 Å². The molecule has 0 saturated heterocycles. The molecule has 0 spiro atoms. The second-order valence-corrected chi connectivity index (χ2v) is 7.73. The van der Waals surface area contributed by atoms with Gasteiger partial charge in [0.15, 0.2) is 0 Å². The van der Waals surface area contributed by atoms with E-state index in [0.29, 0.717) is 18.9 Å². The topological polar surface area (TPSA) is 59.6 Å². The molecule has 0 bridgehead atoms. The molecule has 0 radical (unpaired) electrons. The van der Waals surface area contributed by atoms with Gasteiger partial charge < -0.3 is 14.8 Å². The van der Waals surface area contributed by atoms with Crippen molar-refractivity contribution in [3.05, 3.63) is 18.2 Å². The first-order valence-corrected chi connectivity index (χ1v) is 8.55. The number of nitrogens with one attached hydrogen (secondary N) is 2. The van der Waals surface area contributed by atoms with Crippen LogP contribution in [0, 0.1) is 5.41 Å². The van der Waals surface area contributed by atoms with Crippen molar-refractivity contribution in [2.45, 2.75) is 60.4 Å². The minimum Gasteiger partial charge on any atom is -0.494 e. The van der Waals surface area contributed by atoms with Crippen LogP contribution in [0.15, 0.2) is 18.2 Å². The van der Waals surface area contributed by atoms with Crippen molar-refractivity contribution in [1.29, 1.82) is 0 Å². The normalized spacial score (nSPS) is 11.8. The smallest absolute Gasteiger partial charge is 0.411 e. The van der Waals surface area contributed by atoms with Gasteiger partial charge in [-0.3, -0.25) is 5.32 Å². The fourth-order valence-electron chi connectivity index (χ4n) is 3.00. The lowest BCUT2D eigenvalue weighted by molar-refractivity contribution is 0.168. The molecule has 0 aromatic heterocycles. The molecule has 0 saturated carbocycles. The SMILES string of the molecule is CCOC(=O)Nc1ccc(OCC)cc1NC(C)(C)CC(C)(C)C. The van der Waals surface area contributed by atoms with E-state index in [-0.39, 0.29) is 11.0 Å². The van der Waals surface area contributed by atoms with Crippen LogP contribution in [-0.2, 0) is 4.74 Å². The highest BCUT2D eigenvalue weighted by Gasteiger charge is 2.26. The zero-order valence-electron chi connectivity index (χ0n) is 16.1. The Hall–Kier alpha value is -1.91. The standard InChI is InChI=1S/C19H32N2O3/c1-8-23-14-10-11-15(20-17(22)24-9-2)16(12-14)21-19(6,7)13-18(3,4)5/h10-12,21H,8-9,13H2,1-7H3,(H,20,22).